The fraction of sp³-hybridized carbons (Fsp3) is 0.600. The van der Waals surface area contributed by atoms with Crippen molar-refractivity contribution in [2.75, 3.05) is 0 Å². The molecule has 100 valence electrons. The first kappa shape index (κ1) is 13.0. The molecule has 1 heterocycles. The summed E-state index contributed by atoms with van der Waals surface area (Å²) in [5.41, 5.74) is -0.245. The van der Waals surface area contributed by atoms with Crippen molar-refractivity contribution in [3.63, 3.8) is 0 Å². The van der Waals surface area contributed by atoms with Crippen molar-refractivity contribution < 1.29 is 18.3 Å². The second kappa shape index (κ2) is 4.36. The number of hydrogen-bond acceptors (Lipinski definition) is 4. The molecule has 0 bridgehead atoms. The van der Waals surface area contributed by atoms with E-state index in [0.717, 1.165) is 12.8 Å². The van der Waals surface area contributed by atoms with Crippen LogP contribution in [0.4, 0.5) is 0 Å². The van der Waals surface area contributed by atoms with E-state index in [9.17, 15) is 13.2 Å². The van der Waals surface area contributed by atoms with Gasteiger partial charge in [-0.3, -0.25) is 5.10 Å². The summed E-state index contributed by atoms with van der Waals surface area (Å²) in [5, 5.41) is 14.8. The van der Waals surface area contributed by atoms with Gasteiger partial charge in [-0.1, -0.05) is 0 Å². The SMILES string of the molecule is Cc1[nH]nc(C(=O)O)c1S(=O)(=O)NC(C)C1CC1. The Morgan fingerprint density at radius 2 is 2.17 bits per heavy atom. The molecule has 1 saturated carbocycles. The van der Waals surface area contributed by atoms with Crippen LogP contribution in [0.1, 0.15) is 35.9 Å². The molecule has 1 aromatic heterocycles. The maximum Gasteiger partial charge on any atom is 0.357 e. The van der Waals surface area contributed by atoms with Crippen LogP contribution < -0.4 is 4.72 Å². The molecule has 3 N–H and O–H groups in total. The minimum Gasteiger partial charge on any atom is -0.476 e. The Bertz CT molecular complexity index is 574. The smallest absolute Gasteiger partial charge is 0.357 e. The third-order valence-corrected chi connectivity index (χ3v) is 4.75. The number of aromatic amines is 1. The zero-order valence-corrected chi connectivity index (χ0v) is 10.9. The highest BCUT2D eigenvalue weighted by atomic mass is 32.2. The summed E-state index contributed by atoms with van der Waals surface area (Å²) >= 11 is 0. The maximum absolute atomic E-state index is 12.1. The molecule has 1 atom stereocenters. The van der Waals surface area contributed by atoms with Crippen LogP contribution in [0, 0.1) is 12.8 Å². The molecular weight excluding hydrogens is 258 g/mol. The number of aryl methyl sites for hydroxylation is 1. The average molecular weight is 273 g/mol. The van der Waals surface area contributed by atoms with E-state index in [4.69, 9.17) is 5.11 Å². The fourth-order valence-electron chi connectivity index (χ4n) is 1.89. The molecule has 0 spiro atoms. The van der Waals surface area contributed by atoms with Gasteiger partial charge in [-0.2, -0.15) is 5.10 Å². The molecule has 18 heavy (non-hydrogen) atoms. The summed E-state index contributed by atoms with van der Waals surface area (Å²) in [4.78, 5) is 10.7. The van der Waals surface area contributed by atoms with Crippen molar-refractivity contribution in [3.8, 4) is 0 Å². The molecular formula is C10H15N3O4S. The highest BCUT2D eigenvalue weighted by molar-refractivity contribution is 7.89. The Kier molecular flexibility index (Phi) is 3.16. The van der Waals surface area contributed by atoms with Crippen LogP contribution in [0.5, 0.6) is 0 Å². The van der Waals surface area contributed by atoms with Gasteiger partial charge in [-0.15, -0.1) is 0 Å². The zero-order valence-electron chi connectivity index (χ0n) is 10.1. The van der Waals surface area contributed by atoms with Crippen LogP contribution >= 0.6 is 0 Å². The number of rotatable bonds is 5. The lowest BCUT2D eigenvalue weighted by Gasteiger charge is -2.13. The zero-order chi connectivity index (χ0) is 13.5. The van der Waals surface area contributed by atoms with Crippen LogP contribution in [-0.4, -0.2) is 35.7 Å². The van der Waals surface area contributed by atoms with Gasteiger partial charge in [0, 0.05) is 6.04 Å². The Morgan fingerprint density at radius 3 is 2.67 bits per heavy atom. The molecule has 1 aliphatic carbocycles. The van der Waals surface area contributed by atoms with Crippen molar-refractivity contribution in [2.45, 2.75) is 37.6 Å². The van der Waals surface area contributed by atoms with Gasteiger partial charge < -0.3 is 5.11 Å². The van der Waals surface area contributed by atoms with Crippen LogP contribution in [-0.2, 0) is 10.0 Å². The van der Waals surface area contributed by atoms with Crippen molar-refractivity contribution in [1.29, 1.82) is 0 Å². The van der Waals surface area contributed by atoms with Gasteiger partial charge in [0.2, 0.25) is 10.0 Å². The molecule has 0 aromatic carbocycles. The summed E-state index contributed by atoms with van der Waals surface area (Å²) in [5.74, 6) is -1.01. The van der Waals surface area contributed by atoms with Crippen LogP contribution in [0.3, 0.4) is 0 Å². The predicted octanol–water partition coefficient (Wildman–Crippen LogP) is 0.493. The van der Waals surface area contributed by atoms with E-state index in [2.05, 4.69) is 14.9 Å². The molecule has 1 unspecified atom stereocenters. The van der Waals surface area contributed by atoms with E-state index in [1.165, 1.54) is 6.92 Å². The number of nitrogens with zero attached hydrogens (tertiary/aromatic N) is 1. The fourth-order valence-corrected chi connectivity index (χ4v) is 3.52. The van der Waals surface area contributed by atoms with Gasteiger partial charge in [-0.05, 0) is 32.6 Å². The molecule has 0 saturated heterocycles. The van der Waals surface area contributed by atoms with Crippen LogP contribution in [0.25, 0.3) is 0 Å². The Labute approximate surface area is 105 Å². The van der Waals surface area contributed by atoms with E-state index in [0.29, 0.717) is 5.92 Å². The number of carboxylic acid groups (broad SMARTS) is 1. The summed E-state index contributed by atoms with van der Waals surface area (Å²) < 4.78 is 26.8. The number of sulfonamides is 1. The second-order valence-corrected chi connectivity index (χ2v) is 6.23. The normalized spacial score (nSPS) is 17.7. The highest BCUT2D eigenvalue weighted by Crippen LogP contribution is 2.33. The van der Waals surface area contributed by atoms with E-state index in [-0.39, 0.29) is 16.6 Å². The highest BCUT2D eigenvalue weighted by Gasteiger charge is 2.34. The molecule has 0 radical (unpaired) electrons. The number of carboxylic acids is 1. The van der Waals surface area contributed by atoms with Gasteiger partial charge in [0.25, 0.3) is 0 Å². The maximum atomic E-state index is 12.1. The van der Waals surface area contributed by atoms with E-state index in [1.807, 2.05) is 0 Å². The minimum atomic E-state index is -3.85. The van der Waals surface area contributed by atoms with E-state index >= 15 is 0 Å². The number of aromatic nitrogens is 2. The summed E-state index contributed by atoms with van der Waals surface area (Å²) in [6.07, 6.45) is 2.00. The number of nitrogens with one attached hydrogen (secondary N) is 2. The topological polar surface area (TPSA) is 112 Å². The van der Waals surface area contributed by atoms with Crippen LogP contribution in [0.2, 0.25) is 0 Å². The molecule has 1 fully saturated rings. The molecule has 0 amide bonds. The lowest BCUT2D eigenvalue weighted by atomic mass is 10.2. The summed E-state index contributed by atoms with van der Waals surface area (Å²) in [6.45, 7) is 3.26. The van der Waals surface area contributed by atoms with Gasteiger partial charge in [0.1, 0.15) is 4.90 Å². The number of hydrogen-bond donors (Lipinski definition) is 3. The van der Waals surface area contributed by atoms with Crippen molar-refractivity contribution in [1.82, 2.24) is 14.9 Å². The lowest BCUT2D eigenvalue weighted by molar-refractivity contribution is 0.0686. The molecule has 0 aliphatic heterocycles. The first-order valence-electron chi connectivity index (χ1n) is 5.63. The quantitative estimate of drug-likeness (QED) is 0.723. The monoisotopic (exact) mass is 273 g/mol. The van der Waals surface area contributed by atoms with E-state index in [1.54, 1.807) is 6.92 Å². The first-order valence-corrected chi connectivity index (χ1v) is 7.12. The van der Waals surface area contributed by atoms with Crippen LogP contribution in [0.15, 0.2) is 4.90 Å². The van der Waals surface area contributed by atoms with Crippen molar-refractivity contribution in [3.05, 3.63) is 11.4 Å². The number of aromatic carboxylic acids is 1. The van der Waals surface area contributed by atoms with Gasteiger partial charge >= 0.3 is 5.97 Å². The van der Waals surface area contributed by atoms with E-state index < -0.39 is 21.7 Å². The number of carbonyl (C=O) groups is 1. The largest absolute Gasteiger partial charge is 0.476 e. The third kappa shape index (κ3) is 2.39. The number of H-pyrrole nitrogens is 1. The minimum absolute atomic E-state index is 0.189. The molecule has 2 rings (SSSR count). The van der Waals surface area contributed by atoms with Gasteiger partial charge in [-0.25, -0.2) is 17.9 Å². The Balaban J connectivity index is 2.34. The second-order valence-electron chi connectivity index (χ2n) is 4.58. The third-order valence-electron chi connectivity index (χ3n) is 3.03. The first-order chi connectivity index (χ1) is 8.33. The average Bonchev–Trinajstić information content (AvgIpc) is 3.00. The van der Waals surface area contributed by atoms with Crippen molar-refractivity contribution >= 4 is 16.0 Å². The molecule has 7 nitrogen and oxygen atoms in total. The van der Waals surface area contributed by atoms with Gasteiger partial charge in [0.15, 0.2) is 5.69 Å². The Hall–Kier alpha value is -1.41. The van der Waals surface area contributed by atoms with Crippen molar-refractivity contribution in [2.24, 2.45) is 5.92 Å². The Morgan fingerprint density at radius 1 is 1.56 bits per heavy atom. The lowest BCUT2D eigenvalue weighted by Crippen LogP contribution is -2.35. The summed E-state index contributed by atoms with van der Waals surface area (Å²) in [7, 11) is -3.85. The predicted molar refractivity (Wildman–Crippen MR) is 62.8 cm³/mol. The standard InChI is InChI=1S/C10H15N3O4S/c1-5(7-3-4-7)13-18(16,17)9-6(2)11-12-8(9)10(14)15/h5,7,13H,3-4H2,1-2H3,(H,11,12)(H,14,15). The summed E-state index contributed by atoms with van der Waals surface area (Å²) in [6, 6.07) is -0.189. The molecule has 1 aliphatic rings. The molecule has 8 heteroatoms. The van der Waals surface area contributed by atoms with Gasteiger partial charge in [0.05, 0.1) is 5.69 Å². The molecule has 1 aromatic rings.